The minimum absolute atomic E-state index is 0.0230. The summed E-state index contributed by atoms with van der Waals surface area (Å²) in [4.78, 5) is 24.6. The number of carbonyl (C=O) groups is 1. The molecule has 2 N–H and O–H groups in total. The topological polar surface area (TPSA) is 101 Å². The van der Waals surface area contributed by atoms with E-state index in [0.29, 0.717) is 35.1 Å². The van der Waals surface area contributed by atoms with Crippen LogP contribution in [-0.4, -0.2) is 31.6 Å². The van der Waals surface area contributed by atoms with Gasteiger partial charge in [-0.2, -0.15) is 0 Å². The number of H-pyrrole nitrogens is 1. The van der Waals surface area contributed by atoms with Gasteiger partial charge in [-0.1, -0.05) is 25.3 Å². The van der Waals surface area contributed by atoms with E-state index in [1.165, 1.54) is 57.8 Å². The monoisotopic (exact) mass is 489 g/mol. The summed E-state index contributed by atoms with van der Waals surface area (Å²) in [6.07, 6.45) is 13.9. The second kappa shape index (κ2) is 8.72. The van der Waals surface area contributed by atoms with Crippen molar-refractivity contribution in [3.63, 3.8) is 0 Å². The van der Waals surface area contributed by atoms with Gasteiger partial charge in [-0.25, -0.2) is 9.97 Å². The summed E-state index contributed by atoms with van der Waals surface area (Å²) >= 11 is 0. The Balaban J connectivity index is 1.20. The average molecular weight is 490 g/mol. The summed E-state index contributed by atoms with van der Waals surface area (Å²) in [6.45, 7) is 0.504. The first-order chi connectivity index (χ1) is 17.5. The number of benzene rings is 1. The van der Waals surface area contributed by atoms with Crippen molar-refractivity contribution in [2.45, 2.75) is 95.2 Å². The third-order valence-electron chi connectivity index (χ3n) is 9.30. The van der Waals surface area contributed by atoms with Crippen LogP contribution < -0.4 is 0 Å². The van der Waals surface area contributed by atoms with E-state index in [1.807, 2.05) is 6.07 Å². The standard InChI is InChI=1S/C29H35N3O4/c33-25(34)12-17-6-7-24-22(11-17)31-28(36-24)26-23(30-27(32-26)21-4-2-1-3-5-21)16-35-29-13-18-8-19(14-29)10-20(9-18)15-29/h6-7,11,18-21H,1-5,8-10,12-16H2,(H,30,32)(H,33,34). The fourth-order valence-electron chi connectivity index (χ4n) is 8.07. The Morgan fingerprint density at radius 2 is 1.78 bits per heavy atom. The van der Waals surface area contributed by atoms with Crippen LogP contribution in [0.3, 0.4) is 0 Å². The highest BCUT2D eigenvalue weighted by Gasteiger charge is 2.51. The molecule has 3 aromatic rings. The maximum Gasteiger partial charge on any atom is 0.307 e. The number of rotatable bonds is 7. The Morgan fingerprint density at radius 1 is 1.06 bits per heavy atom. The van der Waals surface area contributed by atoms with E-state index in [2.05, 4.69) is 4.98 Å². The number of carboxylic acids is 1. The normalized spacial score (nSPS) is 29.8. The van der Waals surface area contributed by atoms with E-state index in [0.717, 1.165) is 47.8 Å². The molecule has 0 atom stereocenters. The fourth-order valence-corrected chi connectivity index (χ4v) is 8.07. The molecule has 8 rings (SSSR count). The molecule has 4 bridgehead atoms. The minimum atomic E-state index is -0.855. The van der Waals surface area contributed by atoms with E-state index in [4.69, 9.17) is 24.2 Å². The molecule has 7 heteroatoms. The quantitative estimate of drug-likeness (QED) is 0.399. The van der Waals surface area contributed by atoms with Crippen molar-refractivity contribution in [3.05, 3.63) is 35.3 Å². The van der Waals surface area contributed by atoms with Gasteiger partial charge >= 0.3 is 5.97 Å². The van der Waals surface area contributed by atoms with Gasteiger partial charge in [0.25, 0.3) is 0 Å². The molecule has 0 aliphatic heterocycles. The fraction of sp³-hybridized carbons (Fsp3) is 0.621. The SMILES string of the molecule is O=C(O)Cc1ccc2oc(-c3nc(C4CCCCC4)[nH]c3COC34CC5CC(CC(C5)C3)C4)nc2c1. The van der Waals surface area contributed by atoms with Crippen LogP contribution in [0.25, 0.3) is 22.7 Å². The lowest BCUT2D eigenvalue weighted by Gasteiger charge is -2.56. The van der Waals surface area contributed by atoms with E-state index in [1.54, 1.807) is 12.1 Å². The lowest BCUT2D eigenvalue weighted by Crippen LogP contribution is -2.51. The number of carboxylic acid groups (broad SMARTS) is 1. The molecule has 2 aromatic heterocycles. The molecule has 2 heterocycles. The zero-order valence-corrected chi connectivity index (χ0v) is 20.8. The Bertz CT molecular complexity index is 1250. The second-order valence-electron chi connectivity index (χ2n) is 12.1. The Labute approximate surface area is 211 Å². The molecule has 0 spiro atoms. The number of aliphatic carboxylic acids is 1. The smallest absolute Gasteiger partial charge is 0.307 e. The van der Waals surface area contributed by atoms with E-state index in [-0.39, 0.29) is 12.0 Å². The van der Waals surface area contributed by atoms with Crippen LogP contribution in [-0.2, 0) is 22.6 Å². The number of nitrogens with one attached hydrogen (secondary N) is 1. The van der Waals surface area contributed by atoms with Gasteiger partial charge in [0.15, 0.2) is 5.58 Å². The first-order valence-corrected chi connectivity index (χ1v) is 13.9. The molecule has 36 heavy (non-hydrogen) atoms. The molecule has 190 valence electrons. The van der Waals surface area contributed by atoms with E-state index >= 15 is 0 Å². The van der Waals surface area contributed by atoms with Crippen molar-refractivity contribution in [1.82, 2.24) is 15.0 Å². The molecule has 7 nitrogen and oxygen atoms in total. The molecule has 0 saturated heterocycles. The highest BCUT2D eigenvalue weighted by Crippen LogP contribution is 2.57. The molecule has 0 radical (unpaired) electrons. The zero-order valence-electron chi connectivity index (χ0n) is 20.8. The predicted molar refractivity (Wildman–Crippen MR) is 134 cm³/mol. The number of fused-ring (bicyclic) bond motifs is 1. The van der Waals surface area contributed by atoms with Crippen LogP contribution >= 0.6 is 0 Å². The summed E-state index contributed by atoms with van der Waals surface area (Å²) in [5, 5.41) is 9.16. The molecule has 5 fully saturated rings. The summed E-state index contributed by atoms with van der Waals surface area (Å²) in [5.41, 5.74) is 3.76. The number of nitrogens with zero attached hydrogens (tertiary/aromatic N) is 2. The molecule has 0 amide bonds. The lowest BCUT2D eigenvalue weighted by atomic mass is 9.54. The van der Waals surface area contributed by atoms with Crippen molar-refractivity contribution in [2.75, 3.05) is 0 Å². The van der Waals surface area contributed by atoms with Crippen LogP contribution in [0.4, 0.5) is 0 Å². The van der Waals surface area contributed by atoms with Gasteiger partial charge in [0.1, 0.15) is 17.0 Å². The summed E-state index contributed by atoms with van der Waals surface area (Å²) in [5.74, 6) is 3.62. The molecule has 1 aromatic carbocycles. The first-order valence-electron chi connectivity index (χ1n) is 13.9. The van der Waals surface area contributed by atoms with E-state index in [9.17, 15) is 4.79 Å². The van der Waals surface area contributed by atoms with Crippen molar-refractivity contribution in [1.29, 1.82) is 0 Å². The maximum absolute atomic E-state index is 11.2. The lowest BCUT2D eigenvalue weighted by molar-refractivity contribution is -0.169. The van der Waals surface area contributed by atoms with Gasteiger partial charge in [-0.15, -0.1) is 0 Å². The number of imidazole rings is 1. The molecular weight excluding hydrogens is 454 g/mol. The van der Waals surface area contributed by atoms with Crippen molar-refractivity contribution >= 4 is 17.1 Å². The van der Waals surface area contributed by atoms with E-state index < -0.39 is 5.97 Å². The highest BCUT2D eigenvalue weighted by molar-refractivity contribution is 5.79. The second-order valence-corrected chi connectivity index (χ2v) is 12.1. The Kier molecular flexibility index (Phi) is 5.45. The molecule has 5 aliphatic rings. The third-order valence-corrected chi connectivity index (χ3v) is 9.30. The zero-order chi connectivity index (χ0) is 24.3. The minimum Gasteiger partial charge on any atom is -0.481 e. The van der Waals surface area contributed by atoms with Gasteiger partial charge in [0.05, 0.1) is 24.3 Å². The Morgan fingerprint density at radius 3 is 2.47 bits per heavy atom. The van der Waals surface area contributed by atoms with Crippen LogP contribution in [0, 0.1) is 17.8 Å². The van der Waals surface area contributed by atoms with Gasteiger partial charge < -0.3 is 19.2 Å². The highest BCUT2D eigenvalue weighted by atomic mass is 16.5. The van der Waals surface area contributed by atoms with Gasteiger partial charge in [-0.05, 0) is 86.8 Å². The number of aromatic nitrogens is 3. The number of aromatic amines is 1. The Hall–Kier alpha value is -2.67. The maximum atomic E-state index is 11.2. The first kappa shape index (κ1) is 22.5. The largest absolute Gasteiger partial charge is 0.481 e. The van der Waals surface area contributed by atoms with Crippen LogP contribution in [0.5, 0.6) is 0 Å². The van der Waals surface area contributed by atoms with Crippen molar-refractivity contribution in [3.8, 4) is 11.6 Å². The molecule has 0 unspecified atom stereocenters. The number of ether oxygens (including phenoxy) is 1. The molecule has 5 aliphatic carbocycles. The van der Waals surface area contributed by atoms with Crippen LogP contribution in [0.15, 0.2) is 22.6 Å². The summed E-state index contributed by atoms with van der Waals surface area (Å²) in [7, 11) is 0. The molecule has 5 saturated carbocycles. The predicted octanol–water partition coefficient (Wildman–Crippen LogP) is 6.38. The third kappa shape index (κ3) is 4.15. The van der Waals surface area contributed by atoms with Gasteiger partial charge in [0, 0.05) is 5.92 Å². The number of oxazole rings is 1. The summed E-state index contributed by atoms with van der Waals surface area (Å²) in [6, 6.07) is 5.40. The van der Waals surface area contributed by atoms with Gasteiger partial charge in [-0.3, -0.25) is 4.79 Å². The summed E-state index contributed by atoms with van der Waals surface area (Å²) < 4.78 is 13.0. The van der Waals surface area contributed by atoms with Crippen LogP contribution in [0.1, 0.15) is 93.6 Å². The van der Waals surface area contributed by atoms with Crippen molar-refractivity contribution in [2.24, 2.45) is 17.8 Å². The van der Waals surface area contributed by atoms with Crippen LogP contribution in [0.2, 0.25) is 0 Å². The van der Waals surface area contributed by atoms with Crippen molar-refractivity contribution < 1.29 is 19.1 Å². The molecular formula is C29H35N3O4. The number of hydrogen-bond donors (Lipinski definition) is 2. The average Bonchev–Trinajstić information content (AvgIpc) is 3.46. The van der Waals surface area contributed by atoms with Gasteiger partial charge in [0.2, 0.25) is 5.89 Å². The number of hydrogen-bond acceptors (Lipinski definition) is 5.